The molecule has 1 N–H and O–H groups in total. The fourth-order valence-electron chi connectivity index (χ4n) is 2.20. The summed E-state index contributed by atoms with van der Waals surface area (Å²) in [4.78, 5) is 19.8. The van der Waals surface area contributed by atoms with E-state index in [1.807, 2.05) is 12.1 Å². The quantitative estimate of drug-likeness (QED) is 0.670. The van der Waals surface area contributed by atoms with Gasteiger partial charge in [-0.1, -0.05) is 23.7 Å². The standard InChI is InChI=1S/C17H13ClF3N5O2/c18-14-5-12(6-23-16(14)28-8-17(19,20)21)15(27)25-13-3-1-11(2-4-13)7-26-10-22-9-24-26/h1-6,9-10H,7-8H2,(H,25,27). The summed E-state index contributed by atoms with van der Waals surface area (Å²) in [6.07, 6.45) is -0.394. The van der Waals surface area contributed by atoms with Gasteiger partial charge in [0.05, 0.1) is 12.1 Å². The molecule has 0 fully saturated rings. The van der Waals surface area contributed by atoms with Crippen molar-refractivity contribution in [3.8, 4) is 5.88 Å². The number of nitrogens with zero attached hydrogens (tertiary/aromatic N) is 4. The second-order valence-corrected chi connectivity index (χ2v) is 6.07. The van der Waals surface area contributed by atoms with E-state index < -0.39 is 24.6 Å². The van der Waals surface area contributed by atoms with Crippen LogP contribution in [0.1, 0.15) is 15.9 Å². The van der Waals surface area contributed by atoms with E-state index in [0.717, 1.165) is 11.8 Å². The molecule has 7 nitrogen and oxygen atoms in total. The maximum absolute atomic E-state index is 12.3. The van der Waals surface area contributed by atoms with Crippen LogP contribution in [-0.4, -0.2) is 38.4 Å². The lowest BCUT2D eigenvalue weighted by Crippen LogP contribution is -2.20. The zero-order valence-corrected chi connectivity index (χ0v) is 14.9. The van der Waals surface area contributed by atoms with Gasteiger partial charge in [-0.3, -0.25) is 4.79 Å². The first-order chi connectivity index (χ1) is 13.3. The summed E-state index contributed by atoms with van der Waals surface area (Å²) in [5, 5.41) is 6.47. The lowest BCUT2D eigenvalue weighted by Gasteiger charge is -2.11. The zero-order valence-electron chi connectivity index (χ0n) is 14.2. The number of halogens is 4. The Kier molecular flexibility index (Phi) is 5.78. The normalized spacial score (nSPS) is 11.3. The smallest absolute Gasteiger partial charge is 0.422 e. The first kappa shape index (κ1) is 19.6. The SMILES string of the molecule is O=C(Nc1ccc(Cn2cncn2)cc1)c1cnc(OCC(F)(F)F)c(Cl)c1. The van der Waals surface area contributed by atoms with Gasteiger partial charge in [-0.25, -0.2) is 14.6 Å². The Morgan fingerprint density at radius 2 is 2.00 bits per heavy atom. The molecule has 28 heavy (non-hydrogen) atoms. The van der Waals surface area contributed by atoms with Gasteiger partial charge in [0, 0.05) is 11.9 Å². The second kappa shape index (κ2) is 8.26. The van der Waals surface area contributed by atoms with Crippen LogP contribution >= 0.6 is 11.6 Å². The molecule has 2 aromatic heterocycles. The molecule has 0 bridgehead atoms. The number of amides is 1. The van der Waals surface area contributed by atoms with Gasteiger partial charge in [0.25, 0.3) is 5.91 Å². The number of alkyl halides is 3. The molecule has 0 atom stereocenters. The Morgan fingerprint density at radius 3 is 2.61 bits per heavy atom. The number of pyridine rings is 1. The van der Waals surface area contributed by atoms with Crippen LogP contribution in [0.5, 0.6) is 5.88 Å². The summed E-state index contributed by atoms with van der Waals surface area (Å²) < 4.78 is 42.7. The van der Waals surface area contributed by atoms with Crippen LogP contribution in [0.25, 0.3) is 0 Å². The number of benzene rings is 1. The van der Waals surface area contributed by atoms with Crippen LogP contribution in [0.15, 0.2) is 49.2 Å². The molecule has 2 heterocycles. The van der Waals surface area contributed by atoms with Crippen molar-refractivity contribution in [3.05, 3.63) is 65.3 Å². The van der Waals surface area contributed by atoms with E-state index in [9.17, 15) is 18.0 Å². The minimum absolute atomic E-state index is 0.0797. The van der Waals surface area contributed by atoms with Gasteiger partial charge in [-0.05, 0) is 23.8 Å². The van der Waals surface area contributed by atoms with Crippen molar-refractivity contribution in [2.75, 3.05) is 11.9 Å². The summed E-state index contributed by atoms with van der Waals surface area (Å²) in [7, 11) is 0. The Hall–Kier alpha value is -3.14. The first-order valence-electron chi connectivity index (χ1n) is 7.88. The van der Waals surface area contributed by atoms with Crippen LogP contribution in [0.2, 0.25) is 5.02 Å². The number of hydrogen-bond acceptors (Lipinski definition) is 5. The molecule has 0 radical (unpaired) electrons. The van der Waals surface area contributed by atoms with E-state index >= 15 is 0 Å². The number of carbonyl (C=O) groups excluding carboxylic acids is 1. The third-order valence-corrected chi connectivity index (χ3v) is 3.74. The highest BCUT2D eigenvalue weighted by molar-refractivity contribution is 6.32. The lowest BCUT2D eigenvalue weighted by molar-refractivity contribution is -0.154. The van der Waals surface area contributed by atoms with Crippen molar-refractivity contribution in [2.24, 2.45) is 0 Å². The molecule has 0 spiro atoms. The van der Waals surface area contributed by atoms with Crippen molar-refractivity contribution in [1.82, 2.24) is 19.7 Å². The summed E-state index contributed by atoms with van der Waals surface area (Å²) in [5.74, 6) is -0.909. The topological polar surface area (TPSA) is 81.9 Å². The van der Waals surface area contributed by atoms with E-state index in [1.165, 1.54) is 12.4 Å². The summed E-state index contributed by atoms with van der Waals surface area (Å²) in [6, 6.07) is 8.24. The first-order valence-corrected chi connectivity index (χ1v) is 8.26. The van der Waals surface area contributed by atoms with E-state index in [4.69, 9.17) is 11.6 Å². The van der Waals surface area contributed by atoms with Crippen LogP contribution < -0.4 is 10.1 Å². The largest absolute Gasteiger partial charge is 0.467 e. The number of rotatable bonds is 6. The third-order valence-electron chi connectivity index (χ3n) is 3.47. The fourth-order valence-corrected chi connectivity index (χ4v) is 2.43. The highest BCUT2D eigenvalue weighted by atomic mass is 35.5. The summed E-state index contributed by atoms with van der Waals surface area (Å²) >= 11 is 5.85. The Bertz CT molecular complexity index is 946. The minimum atomic E-state index is -4.51. The molecule has 11 heteroatoms. The molecule has 0 aliphatic heterocycles. The van der Waals surface area contributed by atoms with Crippen molar-refractivity contribution in [3.63, 3.8) is 0 Å². The maximum Gasteiger partial charge on any atom is 0.422 e. The van der Waals surface area contributed by atoms with Gasteiger partial charge in [-0.15, -0.1) is 0 Å². The number of ether oxygens (including phenoxy) is 1. The average Bonchev–Trinajstić information content (AvgIpc) is 3.14. The average molecular weight is 412 g/mol. The van der Waals surface area contributed by atoms with E-state index in [1.54, 1.807) is 23.1 Å². The minimum Gasteiger partial charge on any atom is -0.467 e. The van der Waals surface area contributed by atoms with Gasteiger partial charge < -0.3 is 10.1 Å². The van der Waals surface area contributed by atoms with Crippen molar-refractivity contribution < 1.29 is 22.7 Å². The third kappa shape index (κ3) is 5.43. The van der Waals surface area contributed by atoms with Gasteiger partial charge in [-0.2, -0.15) is 18.3 Å². The van der Waals surface area contributed by atoms with Crippen LogP contribution in [0.4, 0.5) is 18.9 Å². The van der Waals surface area contributed by atoms with Crippen molar-refractivity contribution in [2.45, 2.75) is 12.7 Å². The second-order valence-electron chi connectivity index (χ2n) is 5.66. The lowest BCUT2D eigenvalue weighted by atomic mass is 10.2. The van der Waals surface area contributed by atoms with Gasteiger partial charge in [0.2, 0.25) is 5.88 Å². The summed E-state index contributed by atoms with van der Waals surface area (Å²) in [6.45, 7) is -0.987. The number of aromatic nitrogens is 4. The number of anilines is 1. The van der Waals surface area contributed by atoms with Crippen LogP contribution in [0, 0.1) is 0 Å². The molecule has 0 aliphatic carbocycles. The number of hydrogen-bond donors (Lipinski definition) is 1. The molecule has 3 aromatic rings. The van der Waals surface area contributed by atoms with E-state index in [-0.39, 0.29) is 10.6 Å². The van der Waals surface area contributed by atoms with Gasteiger partial charge in [0.15, 0.2) is 6.61 Å². The number of nitrogens with one attached hydrogen (secondary N) is 1. The molecule has 1 amide bonds. The maximum atomic E-state index is 12.3. The monoisotopic (exact) mass is 411 g/mol. The van der Waals surface area contributed by atoms with Crippen LogP contribution in [0.3, 0.4) is 0 Å². The Labute approximate surface area is 162 Å². The van der Waals surface area contributed by atoms with Gasteiger partial charge >= 0.3 is 6.18 Å². The molecular weight excluding hydrogens is 399 g/mol. The van der Waals surface area contributed by atoms with Crippen molar-refractivity contribution >= 4 is 23.2 Å². The van der Waals surface area contributed by atoms with E-state index in [0.29, 0.717) is 12.2 Å². The van der Waals surface area contributed by atoms with Gasteiger partial charge in [0.1, 0.15) is 17.7 Å². The Morgan fingerprint density at radius 1 is 1.25 bits per heavy atom. The molecule has 0 saturated heterocycles. The summed E-state index contributed by atoms with van der Waals surface area (Å²) in [5.41, 5.74) is 1.57. The fraction of sp³-hybridized carbons (Fsp3) is 0.176. The number of carbonyl (C=O) groups is 1. The van der Waals surface area contributed by atoms with E-state index in [2.05, 4.69) is 25.1 Å². The van der Waals surface area contributed by atoms with Crippen LogP contribution in [-0.2, 0) is 6.54 Å². The Balaban J connectivity index is 1.61. The molecule has 0 unspecified atom stereocenters. The molecule has 0 aliphatic rings. The zero-order chi connectivity index (χ0) is 20.1. The highest BCUT2D eigenvalue weighted by Crippen LogP contribution is 2.25. The molecule has 1 aromatic carbocycles. The predicted molar refractivity (Wildman–Crippen MR) is 94.3 cm³/mol. The molecular formula is C17H13ClF3N5O2. The highest BCUT2D eigenvalue weighted by Gasteiger charge is 2.29. The van der Waals surface area contributed by atoms with Crippen molar-refractivity contribution in [1.29, 1.82) is 0 Å². The predicted octanol–water partition coefficient (Wildman–Crippen LogP) is 3.57. The molecule has 0 saturated carbocycles. The molecule has 146 valence electrons. The molecule has 3 rings (SSSR count).